The van der Waals surface area contributed by atoms with Crippen LogP contribution in [0, 0.1) is 5.82 Å². The molecule has 0 radical (unpaired) electrons. The summed E-state index contributed by atoms with van der Waals surface area (Å²) in [6, 6.07) is 5.10. The maximum Gasteiger partial charge on any atom is 0.164 e. The fourth-order valence-electron chi connectivity index (χ4n) is 1.96. The monoisotopic (exact) mass is 329 g/mol. The summed E-state index contributed by atoms with van der Waals surface area (Å²) in [5, 5.41) is 9.11. The number of benzene rings is 1. The molecular formula is C12H10BrClFN3. The highest BCUT2D eigenvalue weighted by Gasteiger charge is 2.29. The molecule has 1 saturated carbocycles. The summed E-state index contributed by atoms with van der Waals surface area (Å²) in [6.07, 6.45) is 2.28. The van der Waals surface area contributed by atoms with Crippen LogP contribution in [0.4, 0.5) is 4.39 Å². The Morgan fingerprint density at radius 3 is 2.78 bits per heavy atom. The zero-order valence-electron chi connectivity index (χ0n) is 9.41. The molecule has 94 valence electrons. The van der Waals surface area contributed by atoms with Crippen LogP contribution in [-0.2, 0) is 5.33 Å². The molecular weight excluding hydrogens is 321 g/mol. The minimum absolute atomic E-state index is 0.109. The average molecular weight is 331 g/mol. The molecule has 3 rings (SSSR count). The van der Waals surface area contributed by atoms with Crippen molar-refractivity contribution in [3.8, 4) is 11.4 Å². The first-order chi connectivity index (χ1) is 8.70. The molecule has 1 heterocycles. The van der Waals surface area contributed by atoms with Gasteiger partial charge < -0.3 is 4.57 Å². The third kappa shape index (κ3) is 2.06. The number of rotatable bonds is 3. The number of hydrogen-bond acceptors (Lipinski definition) is 2. The van der Waals surface area contributed by atoms with Crippen LogP contribution in [0.2, 0.25) is 5.02 Å². The van der Waals surface area contributed by atoms with Gasteiger partial charge in [-0.3, -0.25) is 0 Å². The summed E-state index contributed by atoms with van der Waals surface area (Å²) in [6.45, 7) is 0. The Kier molecular flexibility index (Phi) is 3.11. The molecule has 0 atom stereocenters. The van der Waals surface area contributed by atoms with Crippen molar-refractivity contribution < 1.29 is 4.39 Å². The normalized spacial score (nSPS) is 15.1. The van der Waals surface area contributed by atoms with Crippen molar-refractivity contribution in [1.29, 1.82) is 0 Å². The predicted octanol–water partition coefficient (Wildman–Crippen LogP) is 3.97. The van der Waals surface area contributed by atoms with E-state index < -0.39 is 5.82 Å². The van der Waals surface area contributed by atoms with E-state index in [2.05, 4.69) is 30.7 Å². The van der Waals surface area contributed by atoms with E-state index in [0.717, 1.165) is 30.1 Å². The third-order valence-corrected chi connectivity index (χ3v) is 3.77. The topological polar surface area (TPSA) is 30.7 Å². The van der Waals surface area contributed by atoms with Gasteiger partial charge in [0.15, 0.2) is 5.82 Å². The van der Waals surface area contributed by atoms with Crippen molar-refractivity contribution in [2.75, 3.05) is 0 Å². The highest BCUT2D eigenvalue weighted by molar-refractivity contribution is 9.08. The Balaban J connectivity index is 2.10. The van der Waals surface area contributed by atoms with E-state index in [0.29, 0.717) is 11.4 Å². The molecule has 0 saturated heterocycles. The minimum atomic E-state index is -0.418. The van der Waals surface area contributed by atoms with E-state index in [1.165, 1.54) is 6.07 Å². The predicted molar refractivity (Wildman–Crippen MR) is 71.3 cm³/mol. The van der Waals surface area contributed by atoms with E-state index in [1.807, 2.05) is 0 Å². The van der Waals surface area contributed by atoms with Gasteiger partial charge in [0.2, 0.25) is 0 Å². The van der Waals surface area contributed by atoms with Crippen molar-refractivity contribution >= 4 is 27.5 Å². The van der Waals surface area contributed by atoms with Gasteiger partial charge in [-0.25, -0.2) is 4.39 Å². The molecule has 18 heavy (non-hydrogen) atoms. The van der Waals surface area contributed by atoms with Crippen molar-refractivity contribution in [2.45, 2.75) is 24.2 Å². The number of halogens is 3. The van der Waals surface area contributed by atoms with E-state index in [1.54, 1.807) is 12.1 Å². The smallest absolute Gasteiger partial charge is 0.164 e. The molecule has 0 aliphatic heterocycles. The minimum Gasteiger partial charge on any atom is -0.307 e. The van der Waals surface area contributed by atoms with Crippen molar-refractivity contribution in [1.82, 2.24) is 14.8 Å². The lowest BCUT2D eigenvalue weighted by Gasteiger charge is -2.08. The first-order valence-electron chi connectivity index (χ1n) is 5.66. The van der Waals surface area contributed by atoms with Gasteiger partial charge >= 0.3 is 0 Å². The fourth-order valence-corrected chi connectivity index (χ4v) is 2.53. The quantitative estimate of drug-likeness (QED) is 0.797. The van der Waals surface area contributed by atoms with Gasteiger partial charge in [-0.2, -0.15) is 0 Å². The second-order valence-corrected chi connectivity index (χ2v) is 5.27. The Hall–Kier alpha value is -0.940. The Labute approximate surface area is 117 Å². The summed E-state index contributed by atoms with van der Waals surface area (Å²) < 4.78 is 15.3. The van der Waals surface area contributed by atoms with Crippen molar-refractivity contribution in [3.63, 3.8) is 0 Å². The van der Waals surface area contributed by atoms with Gasteiger partial charge in [0, 0.05) is 11.6 Å². The number of hydrogen-bond donors (Lipinski definition) is 0. The van der Waals surface area contributed by atoms with Crippen LogP contribution >= 0.6 is 27.5 Å². The molecule has 1 aromatic carbocycles. The standard InChI is InChI=1S/C12H10BrClFN3/c13-6-11-16-17-12(18(11)8-2-3-8)7-1-4-10(15)9(14)5-7/h1,4-5,8H,2-3,6H2. The second kappa shape index (κ2) is 4.63. The van der Waals surface area contributed by atoms with E-state index in [-0.39, 0.29) is 5.02 Å². The summed E-state index contributed by atoms with van der Waals surface area (Å²) in [4.78, 5) is 0. The molecule has 6 heteroatoms. The van der Waals surface area contributed by atoms with Crippen LogP contribution in [0.5, 0.6) is 0 Å². The lowest BCUT2D eigenvalue weighted by atomic mass is 10.2. The first kappa shape index (κ1) is 12.1. The molecule has 1 fully saturated rings. The third-order valence-electron chi connectivity index (χ3n) is 2.98. The van der Waals surface area contributed by atoms with Gasteiger partial charge in [0.1, 0.15) is 11.6 Å². The number of nitrogens with zero attached hydrogens (tertiary/aromatic N) is 3. The van der Waals surface area contributed by atoms with Crippen LogP contribution < -0.4 is 0 Å². The maximum atomic E-state index is 13.2. The van der Waals surface area contributed by atoms with Crippen LogP contribution in [0.25, 0.3) is 11.4 Å². The van der Waals surface area contributed by atoms with Crippen LogP contribution in [0.15, 0.2) is 18.2 Å². The highest BCUT2D eigenvalue weighted by Crippen LogP contribution is 2.39. The van der Waals surface area contributed by atoms with E-state index >= 15 is 0 Å². The van der Waals surface area contributed by atoms with Crippen LogP contribution in [0.3, 0.4) is 0 Å². The lowest BCUT2D eigenvalue weighted by molar-refractivity contribution is 0.628. The summed E-state index contributed by atoms with van der Waals surface area (Å²) in [7, 11) is 0. The molecule has 1 aliphatic carbocycles. The Morgan fingerprint density at radius 2 is 2.17 bits per heavy atom. The summed E-state index contributed by atoms with van der Waals surface area (Å²) in [5.74, 6) is 1.24. The Morgan fingerprint density at radius 1 is 1.39 bits per heavy atom. The molecule has 0 bridgehead atoms. The SMILES string of the molecule is Fc1ccc(-c2nnc(CBr)n2C2CC2)cc1Cl. The van der Waals surface area contributed by atoms with Crippen LogP contribution in [-0.4, -0.2) is 14.8 Å². The van der Waals surface area contributed by atoms with Crippen molar-refractivity contribution in [2.24, 2.45) is 0 Å². The van der Waals surface area contributed by atoms with E-state index in [9.17, 15) is 4.39 Å². The number of alkyl halides is 1. The van der Waals surface area contributed by atoms with Gasteiger partial charge in [0.25, 0.3) is 0 Å². The average Bonchev–Trinajstić information content (AvgIpc) is 3.12. The summed E-state index contributed by atoms with van der Waals surface area (Å²) >= 11 is 9.22. The molecule has 0 spiro atoms. The maximum absolute atomic E-state index is 13.2. The second-order valence-electron chi connectivity index (χ2n) is 4.30. The van der Waals surface area contributed by atoms with Crippen LogP contribution in [0.1, 0.15) is 24.7 Å². The number of aromatic nitrogens is 3. The van der Waals surface area contributed by atoms with Gasteiger partial charge in [-0.05, 0) is 31.0 Å². The van der Waals surface area contributed by atoms with Gasteiger partial charge in [0.05, 0.1) is 10.4 Å². The van der Waals surface area contributed by atoms with Gasteiger partial charge in [-0.1, -0.05) is 27.5 Å². The highest BCUT2D eigenvalue weighted by atomic mass is 79.9. The molecule has 0 amide bonds. The van der Waals surface area contributed by atoms with Gasteiger partial charge in [-0.15, -0.1) is 10.2 Å². The Bertz CT molecular complexity index is 595. The molecule has 3 nitrogen and oxygen atoms in total. The molecule has 0 unspecified atom stereocenters. The largest absolute Gasteiger partial charge is 0.307 e. The summed E-state index contributed by atoms with van der Waals surface area (Å²) in [5.41, 5.74) is 0.799. The zero-order valence-corrected chi connectivity index (χ0v) is 11.7. The molecule has 2 aromatic rings. The first-order valence-corrected chi connectivity index (χ1v) is 7.16. The lowest BCUT2D eigenvalue weighted by Crippen LogP contribution is -2.01. The molecule has 1 aliphatic rings. The van der Waals surface area contributed by atoms with E-state index in [4.69, 9.17) is 11.6 Å². The van der Waals surface area contributed by atoms with Crippen molar-refractivity contribution in [3.05, 3.63) is 34.9 Å². The molecule has 1 aromatic heterocycles. The fraction of sp³-hybridized carbons (Fsp3) is 0.333. The zero-order chi connectivity index (χ0) is 12.7. The molecule has 0 N–H and O–H groups in total.